The molecular weight excluding hydrogens is 288 g/mol. The molecule has 6 atom stereocenters. The topological polar surface area (TPSA) is 99.4 Å². The Kier molecular flexibility index (Phi) is 6.31. The van der Waals surface area contributed by atoms with Crippen LogP contribution in [0.2, 0.25) is 0 Å². The summed E-state index contributed by atoms with van der Waals surface area (Å²) in [4.78, 5) is 0. The van der Waals surface area contributed by atoms with Gasteiger partial charge in [-0.15, -0.1) is 0 Å². The van der Waals surface area contributed by atoms with Crippen LogP contribution < -0.4 is 0 Å². The molecule has 1 aliphatic heterocycles. The molecule has 0 spiro atoms. The summed E-state index contributed by atoms with van der Waals surface area (Å²) in [7, 11) is 0. The maximum atomic E-state index is 9.91. The Morgan fingerprint density at radius 1 is 1.09 bits per heavy atom. The highest BCUT2D eigenvalue weighted by Gasteiger charge is 2.44. The van der Waals surface area contributed by atoms with Gasteiger partial charge in [-0.1, -0.05) is 30.3 Å². The van der Waals surface area contributed by atoms with E-state index in [0.717, 1.165) is 12.8 Å². The van der Waals surface area contributed by atoms with Crippen LogP contribution in [-0.2, 0) is 15.9 Å². The summed E-state index contributed by atoms with van der Waals surface area (Å²) in [6.07, 6.45) is -4.79. The second-order valence-electron chi connectivity index (χ2n) is 5.67. The average Bonchev–Trinajstić information content (AvgIpc) is 2.54. The summed E-state index contributed by atoms with van der Waals surface area (Å²) >= 11 is 0. The molecule has 1 aromatic rings. The third-order valence-corrected chi connectivity index (χ3v) is 3.90. The van der Waals surface area contributed by atoms with Gasteiger partial charge in [0.05, 0.1) is 12.7 Å². The molecule has 22 heavy (non-hydrogen) atoms. The zero-order valence-electron chi connectivity index (χ0n) is 12.6. The van der Waals surface area contributed by atoms with Gasteiger partial charge in [-0.05, 0) is 25.3 Å². The molecule has 6 nitrogen and oxygen atoms in total. The summed E-state index contributed by atoms with van der Waals surface area (Å²) in [5.74, 6) is 0. The van der Waals surface area contributed by atoms with Crippen LogP contribution in [0.4, 0.5) is 0 Å². The molecule has 1 aromatic carbocycles. The van der Waals surface area contributed by atoms with Gasteiger partial charge in [0.2, 0.25) is 0 Å². The average molecular weight is 312 g/mol. The van der Waals surface area contributed by atoms with E-state index < -0.39 is 37.3 Å². The Labute approximate surface area is 129 Å². The first-order chi connectivity index (χ1) is 10.5. The van der Waals surface area contributed by atoms with E-state index >= 15 is 0 Å². The van der Waals surface area contributed by atoms with Crippen LogP contribution in [0.5, 0.6) is 0 Å². The smallest absolute Gasteiger partial charge is 0.186 e. The number of ether oxygens (including phenoxy) is 2. The lowest BCUT2D eigenvalue weighted by molar-refractivity contribution is -0.310. The molecule has 4 N–H and O–H groups in total. The van der Waals surface area contributed by atoms with Crippen molar-refractivity contribution < 1.29 is 29.9 Å². The van der Waals surface area contributed by atoms with Crippen molar-refractivity contribution in [3.8, 4) is 0 Å². The maximum absolute atomic E-state index is 9.91. The second-order valence-corrected chi connectivity index (χ2v) is 5.67. The fourth-order valence-corrected chi connectivity index (χ4v) is 2.49. The predicted molar refractivity (Wildman–Crippen MR) is 79.1 cm³/mol. The van der Waals surface area contributed by atoms with Crippen LogP contribution in [0.3, 0.4) is 0 Å². The van der Waals surface area contributed by atoms with Gasteiger partial charge in [0.1, 0.15) is 24.4 Å². The molecule has 1 heterocycles. The van der Waals surface area contributed by atoms with Crippen LogP contribution in [-0.4, -0.2) is 63.8 Å². The van der Waals surface area contributed by atoms with Crippen LogP contribution in [0, 0.1) is 0 Å². The van der Waals surface area contributed by atoms with Gasteiger partial charge in [-0.3, -0.25) is 0 Å². The van der Waals surface area contributed by atoms with Crippen molar-refractivity contribution in [3.63, 3.8) is 0 Å². The quantitative estimate of drug-likeness (QED) is 0.582. The number of rotatable bonds is 6. The molecule has 2 unspecified atom stereocenters. The number of aryl methyl sites for hydroxylation is 1. The first-order valence-corrected chi connectivity index (χ1v) is 7.53. The number of aliphatic hydroxyl groups is 4. The monoisotopic (exact) mass is 312 g/mol. The standard InChI is InChI=1S/C16H24O6/c1-10(7-8-11-5-3-2-4-6-11)21-16-15(20)14(19)13(18)12(9-17)22-16/h2-6,10,12-20H,7-9H2,1H3/t10?,12-,13-,14+,15-,16?/m1/s1. The van der Waals surface area contributed by atoms with E-state index in [1.165, 1.54) is 5.56 Å². The lowest BCUT2D eigenvalue weighted by Gasteiger charge is -2.40. The Morgan fingerprint density at radius 3 is 2.41 bits per heavy atom. The third kappa shape index (κ3) is 4.25. The number of hydrogen-bond donors (Lipinski definition) is 4. The van der Waals surface area contributed by atoms with Crippen molar-refractivity contribution in [2.45, 2.75) is 56.6 Å². The van der Waals surface area contributed by atoms with Gasteiger partial charge in [-0.25, -0.2) is 0 Å². The SMILES string of the molecule is CC(CCc1ccccc1)OC1O[C@H](CO)[C@@H](O)[C@H](O)[C@H]1O. The van der Waals surface area contributed by atoms with E-state index in [1.54, 1.807) is 0 Å². The highest BCUT2D eigenvalue weighted by molar-refractivity contribution is 5.14. The van der Waals surface area contributed by atoms with Gasteiger partial charge in [-0.2, -0.15) is 0 Å². The Hall–Kier alpha value is -1.02. The van der Waals surface area contributed by atoms with Gasteiger partial charge in [0.15, 0.2) is 6.29 Å². The summed E-state index contributed by atoms with van der Waals surface area (Å²) in [5.41, 5.74) is 1.19. The predicted octanol–water partition coefficient (Wildman–Crippen LogP) is -0.176. The first kappa shape index (κ1) is 17.3. The highest BCUT2D eigenvalue weighted by Crippen LogP contribution is 2.23. The summed E-state index contributed by atoms with van der Waals surface area (Å²) in [6.45, 7) is 1.40. The fourth-order valence-electron chi connectivity index (χ4n) is 2.49. The minimum Gasteiger partial charge on any atom is -0.394 e. The molecule has 6 heteroatoms. The van der Waals surface area contributed by atoms with Crippen LogP contribution in [0.1, 0.15) is 18.9 Å². The Balaban J connectivity index is 1.86. The van der Waals surface area contributed by atoms with Gasteiger partial charge in [0, 0.05) is 0 Å². The van der Waals surface area contributed by atoms with Gasteiger partial charge >= 0.3 is 0 Å². The normalized spacial score (nSPS) is 33.6. The van der Waals surface area contributed by atoms with Crippen molar-refractivity contribution in [3.05, 3.63) is 35.9 Å². The number of hydrogen-bond acceptors (Lipinski definition) is 6. The highest BCUT2D eigenvalue weighted by atomic mass is 16.7. The zero-order valence-corrected chi connectivity index (χ0v) is 12.6. The van der Waals surface area contributed by atoms with Crippen molar-refractivity contribution in [2.75, 3.05) is 6.61 Å². The van der Waals surface area contributed by atoms with E-state index in [-0.39, 0.29) is 6.10 Å². The minimum absolute atomic E-state index is 0.207. The molecule has 124 valence electrons. The van der Waals surface area contributed by atoms with Crippen molar-refractivity contribution in [2.24, 2.45) is 0 Å². The molecule has 0 bridgehead atoms. The molecule has 0 radical (unpaired) electrons. The Morgan fingerprint density at radius 2 is 1.77 bits per heavy atom. The number of benzene rings is 1. The number of aliphatic hydroxyl groups excluding tert-OH is 4. The molecule has 0 amide bonds. The van der Waals surface area contributed by atoms with Crippen molar-refractivity contribution in [1.82, 2.24) is 0 Å². The third-order valence-electron chi connectivity index (χ3n) is 3.90. The molecule has 0 aliphatic carbocycles. The lowest BCUT2D eigenvalue weighted by Crippen LogP contribution is -2.59. The van der Waals surface area contributed by atoms with E-state index in [4.69, 9.17) is 14.6 Å². The molecule has 0 aromatic heterocycles. The summed E-state index contributed by atoms with van der Waals surface area (Å²) in [5, 5.41) is 38.5. The fraction of sp³-hybridized carbons (Fsp3) is 0.625. The Bertz CT molecular complexity index is 438. The summed E-state index contributed by atoms with van der Waals surface area (Å²) < 4.78 is 10.9. The largest absolute Gasteiger partial charge is 0.394 e. The van der Waals surface area contributed by atoms with Gasteiger partial charge < -0.3 is 29.9 Å². The molecule has 1 saturated heterocycles. The molecule has 1 aliphatic rings. The van der Waals surface area contributed by atoms with E-state index in [2.05, 4.69) is 0 Å². The molecule has 1 fully saturated rings. The lowest BCUT2D eigenvalue weighted by atomic mass is 9.99. The molecule has 2 rings (SSSR count). The van der Waals surface area contributed by atoms with Gasteiger partial charge in [0.25, 0.3) is 0 Å². The van der Waals surface area contributed by atoms with E-state index in [0.29, 0.717) is 0 Å². The zero-order chi connectivity index (χ0) is 16.1. The van der Waals surface area contributed by atoms with Crippen molar-refractivity contribution in [1.29, 1.82) is 0 Å². The molecular formula is C16H24O6. The van der Waals surface area contributed by atoms with Crippen LogP contribution >= 0.6 is 0 Å². The maximum Gasteiger partial charge on any atom is 0.186 e. The van der Waals surface area contributed by atoms with Crippen LogP contribution in [0.25, 0.3) is 0 Å². The summed E-state index contributed by atoms with van der Waals surface area (Å²) in [6, 6.07) is 9.95. The van der Waals surface area contributed by atoms with Crippen molar-refractivity contribution >= 4 is 0 Å². The van der Waals surface area contributed by atoms with Crippen LogP contribution in [0.15, 0.2) is 30.3 Å². The van der Waals surface area contributed by atoms with E-state index in [1.807, 2.05) is 37.3 Å². The first-order valence-electron chi connectivity index (χ1n) is 7.53. The second kappa shape index (κ2) is 8.01. The van der Waals surface area contributed by atoms with E-state index in [9.17, 15) is 15.3 Å². The molecule has 0 saturated carbocycles. The minimum atomic E-state index is -1.41.